The van der Waals surface area contributed by atoms with E-state index in [1.165, 1.54) is 19.3 Å². The molecule has 2 aliphatic carbocycles. The molecule has 1 saturated carbocycles. The largest absolute Gasteiger partial charge is 0.259 e. The van der Waals surface area contributed by atoms with Crippen LogP contribution in [-0.4, -0.2) is 4.98 Å². The van der Waals surface area contributed by atoms with Crippen molar-refractivity contribution in [3.05, 3.63) is 53.4 Å². The number of hydrogen-bond donors (Lipinski definition) is 0. The van der Waals surface area contributed by atoms with E-state index in [-0.39, 0.29) is 5.41 Å². The quantitative estimate of drug-likeness (QED) is 0.774. The van der Waals surface area contributed by atoms with E-state index in [0.717, 1.165) is 18.0 Å². The van der Waals surface area contributed by atoms with Crippen LogP contribution in [0.2, 0.25) is 5.02 Å². The minimum atomic E-state index is 0.112. The molecule has 1 nitrogen and oxygen atoms in total. The van der Waals surface area contributed by atoms with Crippen LogP contribution < -0.4 is 0 Å². The third-order valence-electron chi connectivity index (χ3n) is 3.73. The van der Waals surface area contributed by atoms with Gasteiger partial charge in [-0.05, 0) is 30.9 Å². The Morgan fingerprint density at radius 3 is 2.76 bits per heavy atom. The van der Waals surface area contributed by atoms with Crippen LogP contribution >= 0.6 is 11.6 Å². The summed E-state index contributed by atoms with van der Waals surface area (Å²) in [6.45, 7) is 0. The maximum atomic E-state index is 5.92. The summed E-state index contributed by atoms with van der Waals surface area (Å²) in [4.78, 5) is 4.54. The minimum Gasteiger partial charge on any atom is -0.259 e. The molecule has 0 radical (unpaired) electrons. The molecule has 88 valence electrons. The van der Waals surface area contributed by atoms with Gasteiger partial charge in [0.2, 0.25) is 0 Å². The fourth-order valence-electron chi connectivity index (χ4n) is 2.62. The molecule has 0 aromatic carbocycles. The van der Waals surface area contributed by atoms with Crippen LogP contribution in [0.25, 0.3) is 0 Å². The van der Waals surface area contributed by atoms with Crippen molar-refractivity contribution in [1.29, 1.82) is 0 Å². The van der Waals surface area contributed by atoms with Gasteiger partial charge in [-0.15, -0.1) is 0 Å². The lowest BCUT2D eigenvalue weighted by Crippen LogP contribution is -2.26. The molecule has 1 unspecified atom stereocenters. The van der Waals surface area contributed by atoms with Gasteiger partial charge < -0.3 is 0 Å². The Morgan fingerprint density at radius 1 is 1.29 bits per heavy atom. The van der Waals surface area contributed by atoms with E-state index < -0.39 is 0 Å². The summed E-state index contributed by atoms with van der Waals surface area (Å²) >= 11 is 5.92. The number of rotatable bonds is 3. The van der Waals surface area contributed by atoms with Gasteiger partial charge in [-0.2, -0.15) is 0 Å². The minimum absolute atomic E-state index is 0.112. The van der Waals surface area contributed by atoms with Crippen molar-refractivity contribution in [2.45, 2.75) is 31.1 Å². The highest BCUT2D eigenvalue weighted by atomic mass is 35.5. The topological polar surface area (TPSA) is 12.9 Å². The molecule has 2 aliphatic rings. The molecular weight excluding hydrogens is 230 g/mol. The fourth-order valence-corrected chi connectivity index (χ4v) is 2.73. The molecule has 0 spiro atoms. The highest BCUT2D eigenvalue weighted by molar-refractivity contribution is 6.30. The van der Waals surface area contributed by atoms with Gasteiger partial charge in [-0.1, -0.05) is 48.7 Å². The first-order chi connectivity index (χ1) is 8.28. The zero-order valence-corrected chi connectivity index (χ0v) is 10.5. The van der Waals surface area contributed by atoms with E-state index in [9.17, 15) is 0 Å². The van der Waals surface area contributed by atoms with Gasteiger partial charge in [0.25, 0.3) is 0 Å². The molecule has 0 amide bonds. The van der Waals surface area contributed by atoms with Gasteiger partial charge in [-0.3, -0.25) is 4.98 Å². The smallest absolute Gasteiger partial charge is 0.0589 e. The third-order valence-corrected chi connectivity index (χ3v) is 3.96. The highest BCUT2D eigenvalue weighted by Gasteiger charge is 2.37. The van der Waals surface area contributed by atoms with Crippen molar-refractivity contribution < 1.29 is 0 Å². The van der Waals surface area contributed by atoms with Gasteiger partial charge >= 0.3 is 0 Å². The summed E-state index contributed by atoms with van der Waals surface area (Å²) in [5, 5.41) is 0.714. The molecule has 1 heterocycles. The van der Waals surface area contributed by atoms with Gasteiger partial charge in [0.15, 0.2) is 0 Å². The molecular formula is C15H16ClN. The predicted molar refractivity (Wildman–Crippen MR) is 71.2 cm³/mol. The molecule has 3 rings (SSSR count). The van der Waals surface area contributed by atoms with Gasteiger partial charge in [0, 0.05) is 11.6 Å². The van der Waals surface area contributed by atoms with Crippen LogP contribution in [-0.2, 0) is 5.41 Å². The number of hydrogen-bond acceptors (Lipinski definition) is 1. The molecule has 2 heteroatoms. The number of pyridine rings is 1. The molecule has 0 aliphatic heterocycles. The van der Waals surface area contributed by atoms with Crippen LogP contribution in [0.4, 0.5) is 0 Å². The van der Waals surface area contributed by atoms with E-state index in [4.69, 9.17) is 11.6 Å². The fraction of sp³-hybridized carbons (Fsp3) is 0.400. The summed E-state index contributed by atoms with van der Waals surface area (Å²) in [6.07, 6.45) is 15.7. The zero-order chi connectivity index (χ0) is 11.7. The first kappa shape index (κ1) is 11.0. The first-order valence-electron chi connectivity index (χ1n) is 6.25. The lowest BCUT2D eigenvalue weighted by Gasteiger charge is -2.31. The maximum Gasteiger partial charge on any atom is 0.0589 e. The van der Waals surface area contributed by atoms with Crippen LogP contribution in [0.5, 0.6) is 0 Å². The molecule has 0 saturated heterocycles. The molecule has 17 heavy (non-hydrogen) atoms. The molecule has 0 bridgehead atoms. The van der Waals surface area contributed by atoms with E-state index >= 15 is 0 Å². The third kappa shape index (κ3) is 2.30. The second-order valence-corrected chi connectivity index (χ2v) is 5.59. The Hall–Kier alpha value is -1.08. The molecule has 1 aromatic heterocycles. The number of halogens is 1. The average Bonchev–Trinajstić information content (AvgIpc) is 3.15. The summed E-state index contributed by atoms with van der Waals surface area (Å²) in [7, 11) is 0. The van der Waals surface area contributed by atoms with Gasteiger partial charge in [0.05, 0.1) is 10.7 Å². The summed E-state index contributed by atoms with van der Waals surface area (Å²) < 4.78 is 0. The van der Waals surface area contributed by atoms with Gasteiger partial charge in [-0.25, -0.2) is 0 Å². The summed E-state index contributed by atoms with van der Waals surface area (Å²) in [6, 6.07) is 4.03. The van der Waals surface area contributed by atoms with E-state index in [1.54, 1.807) is 6.20 Å². The average molecular weight is 246 g/mol. The SMILES string of the molecule is Clc1ccc(C2(CC3CC3)C=CC=CC2)nc1. The van der Waals surface area contributed by atoms with Crippen LogP contribution in [0, 0.1) is 5.92 Å². The zero-order valence-electron chi connectivity index (χ0n) is 9.77. The van der Waals surface area contributed by atoms with Crippen molar-refractivity contribution in [2.24, 2.45) is 5.92 Å². The molecule has 1 aromatic rings. The Labute approximate surface area is 107 Å². The van der Waals surface area contributed by atoms with Crippen molar-refractivity contribution >= 4 is 11.6 Å². The summed E-state index contributed by atoms with van der Waals surface area (Å²) in [5.74, 6) is 0.892. The van der Waals surface area contributed by atoms with Crippen LogP contribution in [0.3, 0.4) is 0 Å². The Balaban J connectivity index is 1.94. The highest BCUT2D eigenvalue weighted by Crippen LogP contribution is 2.45. The Kier molecular flexibility index (Phi) is 2.79. The number of allylic oxidation sites excluding steroid dienone is 4. The standard InChI is InChI=1S/C15H16ClN/c16-13-6-7-14(17-11-13)15(10-12-4-5-12)8-2-1-3-9-15/h1-3,6-8,11-12H,4-5,9-10H2. The summed E-state index contributed by atoms with van der Waals surface area (Å²) in [5.41, 5.74) is 1.27. The van der Waals surface area contributed by atoms with Crippen LogP contribution in [0.15, 0.2) is 42.6 Å². The van der Waals surface area contributed by atoms with E-state index in [2.05, 4.69) is 35.4 Å². The van der Waals surface area contributed by atoms with E-state index in [1.807, 2.05) is 6.07 Å². The molecule has 1 fully saturated rings. The van der Waals surface area contributed by atoms with Crippen molar-refractivity contribution in [3.63, 3.8) is 0 Å². The molecule has 1 atom stereocenters. The normalized spacial score (nSPS) is 27.4. The maximum absolute atomic E-state index is 5.92. The number of aromatic nitrogens is 1. The predicted octanol–water partition coefficient (Wildman–Crippen LogP) is 4.29. The Morgan fingerprint density at radius 2 is 2.18 bits per heavy atom. The first-order valence-corrected chi connectivity index (χ1v) is 6.63. The number of nitrogens with zero attached hydrogens (tertiary/aromatic N) is 1. The van der Waals surface area contributed by atoms with Crippen LogP contribution in [0.1, 0.15) is 31.4 Å². The van der Waals surface area contributed by atoms with Gasteiger partial charge in [0.1, 0.15) is 0 Å². The van der Waals surface area contributed by atoms with Crippen molar-refractivity contribution in [3.8, 4) is 0 Å². The lowest BCUT2D eigenvalue weighted by atomic mass is 9.74. The van der Waals surface area contributed by atoms with E-state index in [0.29, 0.717) is 5.02 Å². The van der Waals surface area contributed by atoms with Crippen molar-refractivity contribution in [1.82, 2.24) is 4.98 Å². The molecule has 0 N–H and O–H groups in total. The van der Waals surface area contributed by atoms with Crippen molar-refractivity contribution in [2.75, 3.05) is 0 Å². The monoisotopic (exact) mass is 245 g/mol. The Bertz CT molecular complexity index is 456. The second-order valence-electron chi connectivity index (χ2n) is 5.16. The lowest BCUT2D eigenvalue weighted by molar-refractivity contribution is 0.448. The second kappa shape index (κ2) is 4.30.